The van der Waals surface area contributed by atoms with Crippen molar-refractivity contribution < 1.29 is 0 Å². The first-order valence-corrected chi connectivity index (χ1v) is 6.99. The van der Waals surface area contributed by atoms with Crippen LogP contribution in [0.1, 0.15) is 31.5 Å². The Labute approximate surface area is 110 Å². The second-order valence-electron chi connectivity index (χ2n) is 4.57. The molecule has 1 heterocycles. The van der Waals surface area contributed by atoms with Crippen LogP contribution in [-0.2, 0) is 0 Å². The number of aromatic nitrogens is 2. The van der Waals surface area contributed by atoms with Gasteiger partial charge in [0.1, 0.15) is 10.9 Å². The molecule has 4 heteroatoms. The molecule has 0 amide bonds. The van der Waals surface area contributed by atoms with Gasteiger partial charge in [0.15, 0.2) is 0 Å². The molecule has 1 aliphatic carbocycles. The smallest absolute Gasteiger partial charge is 0.133 e. The van der Waals surface area contributed by atoms with E-state index in [0.717, 1.165) is 21.8 Å². The van der Waals surface area contributed by atoms with Crippen molar-refractivity contribution in [3.05, 3.63) is 30.1 Å². The summed E-state index contributed by atoms with van der Waals surface area (Å²) >= 11 is 1.52. The molecule has 1 aromatic carbocycles. The summed E-state index contributed by atoms with van der Waals surface area (Å²) < 4.78 is 0. The number of hydrogen-bond acceptors (Lipinski definition) is 4. The van der Waals surface area contributed by atoms with E-state index in [2.05, 4.69) is 16.0 Å². The van der Waals surface area contributed by atoms with E-state index in [9.17, 15) is 0 Å². The Hall–Kier alpha value is -1.60. The van der Waals surface area contributed by atoms with Crippen LogP contribution in [0, 0.1) is 11.3 Å². The molecular weight excluding hydrogens is 242 g/mol. The molecule has 90 valence electrons. The average molecular weight is 255 g/mol. The van der Waals surface area contributed by atoms with E-state index in [1.807, 2.05) is 31.2 Å². The number of benzene rings is 1. The molecule has 0 saturated heterocycles. The van der Waals surface area contributed by atoms with Gasteiger partial charge in [0.2, 0.25) is 0 Å². The topological polar surface area (TPSA) is 49.6 Å². The molecule has 0 radical (unpaired) electrons. The Kier molecular flexibility index (Phi) is 2.92. The number of para-hydroxylation sites is 1. The summed E-state index contributed by atoms with van der Waals surface area (Å²) in [6, 6.07) is 10.3. The summed E-state index contributed by atoms with van der Waals surface area (Å²) in [6.07, 6.45) is 2.38. The molecule has 1 aliphatic rings. The van der Waals surface area contributed by atoms with Crippen molar-refractivity contribution in [1.82, 2.24) is 9.97 Å². The van der Waals surface area contributed by atoms with Gasteiger partial charge >= 0.3 is 0 Å². The molecule has 1 atom stereocenters. The van der Waals surface area contributed by atoms with Crippen LogP contribution in [0.15, 0.2) is 29.3 Å². The summed E-state index contributed by atoms with van der Waals surface area (Å²) in [4.78, 5) is 9.28. The van der Waals surface area contributed by atoms with Crippen molar-refractivity contribution in [2.75, 3.05) is 0 Å². The molecule has 0 unspecified atom stereocenters. The second kappa shape index (κ2) is 4.58. The highest BCUT2D eigenvalue weighted by Gasteiger charge is 2.27. The maximum absolute atomic E-state index is 8.94. The van der Waals surface area contributed by atoms with E-state index in [-0.39, 0.29) is 5.25 Å². The van der Waals surface area contributed by atoms with E-state index in [4.69, 9.17) is 5.26 Å². The quantitative estimate of drug-likeness (QED) is 0.622. The van der Waals surface area contributed by atoms with E-state index in [0.29, 0.717) is 5.92 Å². The van der Waals surface area contributed by atoms with Crippen molar-refractivity contribution >= 4 is 22.7 Å². The van der Waals surface area contributed by atoms with Gasteiger partial charge in [-0.05, 0) is 25.8 Å². The Morgan fingerprint density at radius 1 is 1.33 bits per heavy atom. The Morgan fingerprint density at radius 3 is 2.83 bits per heavy atom. The fourth-order valence-electron chi connectivity index (χ4n) is 1.87. The van der Waals surface area contributed by atoms with Crippen LogP contribution in [0.3, 0.4) is 0 Å². The molecule has 1 saturated carbocycles. The van der Waals surface area contributed by atoms with Gasteiger partial charge in [-0.2, -0.15) is 5.26 Å². The monoisotopic (exact) mass is 255 g/mol. The summed E-state index contributed by atoms with van der Waals surface area (Å²) in [5.41, 5.74) is 0.988. The fourth-order valence-corrected chi connectivity index (χ4v) is 2.71. The molecule has 1 aromatic heterocycles. The van der Waals surface area contributed by atoms with Crippen LogP contribution in [0.5, 0.6) is 0 Å². The summed E-state index contributed by atoms with van der Waals surface area (Å²) in [5, 5.41) is 10.8. The van der Waals surface area contributed by atoms with E-state index in [1.54, 1.807) is 0 Å². The van der Waals surface area contributed by atoms with Crippen molar-refractivity contribution in [2.45, 2.75) is 36.0 Å². The minimum Gasteiger partial charge on any atom is -0.233 e. The van der Waals surface area contributed by atoms with Crippen LogP contribution >= 0.6 is 11.8 Å². The maximum atomic E-state index is 8.94. The standard InChI is InChI=1S/C14H13N3S/c1-9(8-15)18-14-11-4-2-3-5-12(11)16-13(17-14)10-6-7-10/h2-5,9-10H,6-7H2,1H3/t9-/m0/s1. The predicted octanol–water partition coefficient (Wildman–Crippen LogP) is 3.51. The van der Waals surface area contributed by atoms with Crippen LogP contribution in [-0.4, -0.2) is 15.2 Å². The molecule has 18 heavy (non-hydrogen) atoms. The first-order chi connectivity index (χ1) is 8.78. The Balaban J connectivity index is 2.11. The van der Waals surface area contributed by atoms with E-state index < -0.39 is 0 Å². The lowest BCUT2D eigenvalue weighted by Crippen LogP contribution is -1.99. The molecule has 0 N–H and O–H groups in total. The lowest BCUT2D eigenvalue weighted by Gasteiger charge is -2.08. The van der Waals surface area contributed by atoms with Gasteiger partial charge in [0.25, 0.3) is 0 Å². The first kappa shape index (κ1) is 11.5. The van der Waals surface area contributed by atoms with Crippen molar-refractivity contribution in [2.24, 2.45) is 0 Å². The lowest BCUT2D eigenvalue weighted by atomic mass is 10.2. The predicted molar refractivity (Wildman–Crippen MR) is 72.4 cm³/mol. The van der Waals surface area contributed by atoms with E-state index >= 15 is 0 Å². The second-order valence-corrected chi connectivity index (χ2v) is 5.90. The number of fused-ring (bicyclic) bond motifs is 1. The molecule has 3 rings (SSSR count). The number of rotatable bonds is 3. The number of nitriles is 1. The fraction of sp³-hybridized carbons (Fsp3) is 0.357. The van der Waals surface area contributed by atoms with Gasteiger partial charge in [-0.15, -0.1) is 0 Å². The Bertz CT molecular complexity index is 628. The molecule has 2 aromatic rings. The minimum atomic E-state index is -0.0876. The minimum absolute atomic E-state index is 0.0876. The molecule has 3 nitrogen and oxygen atoms in total. The summed E-state index contributed by atoms with van der Waals surface area (Å²) in [5.74, 6) is 1.48. The van der Waals surface area contributed by atoms with Gasteiger partial charge in [-0.3, -0.25) is 0 Å². The van der Waals surface area contributed by atoms with Gasteiger partial charge in [0.05, 0.1) is 16.8 Å². The zero-order valence-corrected chi connectivity index (χ0v) is 10.9. The number of thioether (sulfide) groups is 1. The first-order valence-electron chi connectivity index (χ1n) is 6.11. The molecule has 0 aliphatic heterocycles. The highest BCUT2D eigenvalue weighted by Crippen LogP contribution is 2.40. The zero-order valence-electron chi connectivity index (χ0n) is 10.1. The average Bonchev–Trinajstić information content (AvgIpc) is 3.22. The SMILES string of the molecule is C[C@@H](C#N)Sc1nc(C2CC2)nc2ccccc12. The summed E-state index contributed by atoms with van der Waals surface area (Å²) in [6.45, 7) is 1.90. The normalized spacial score (nSPS) is 16.4. The third kappa shape index (κ3) is 2.19. The molecular formula is C14H13N3S. The zero-order chi connectivity index (χ0) is 12.5. The third-order valence-corrected chi connectivity index (χ3v) is 3.99. The number of hydrogen-bond donors (Lipinski definition) is 0. The summed E-state index contributed by atoms with van der Waals surface area (Å²) in [7, 11) is 0. The van der Waals surface area contributed by atoms with Crippen molar-refractivity contribution in [1.29, 1.82) is 5.26 Å². The molecule has 0 bridgehead atoms. The molecule has 0 spiro atoms. The van der Waals surface area contributed by atoms with Crippen LogP contribution in [0.4, 0.5) is 0 Å². The Morgan fingerprint density at radius 2 is 2.11 bits per heavy atom. The van der Waals surface area contributed by atoms with Gasteiger partial charge < -0.3 is 0 Å². The number of nitrogens with zero attached hydrogens (tertiary/aromatic N) is 3. The highest BCUT2D eigenvalue weighted by molar-refractivity contribution is 8.00. The van der Waals surface area contributed by atoms with Crippen molar-refractivity contribution in [3.63, 3.8) is 0 Å². The van der Waals surface area contributed by atoms with Gasteiger partial charge in [-0.1, -0.05) is 30.0 Å². The molecule has 1 fully saturated rings. The van der Waals surface area contributed by atoms with E-state index in [1.165, 1.54) is 24.6 Å². The largest absolute Gasteiger partial charge is 0.233 e. The van der Waals surface area contributed by atoms with Crippen LogP contribution in [0.2, 0.25) is 0 Å². The maximum Gasteiger partial charge on any atom is 0.133 e. The highest BCUT2D eigenvalue weighted by atomic mass is 32.2. The lowest BCUT2D eigenvalue weighted by molar-refractivity contribution is 0.904. The van der Waals surface area contributed by atoms with Gasteiger partial charge in [0, 0.05) is 11.3 Å². The van der Waals surface area contributed by atoms with Crippen LogP contribution < -0.4 is 0 Å². The van der Waals surface area contributed by atoms with Crippen molar-refractivity contribution in [3.8, 4) is 6.07 Å². The van der Waals surface area contributed by atoms with Gasteiger partial charge in [-0.25, -0.2) is 9.97 Å². The third-order valence-electron chi connectivity index (χ3n) is 3.00. The van der Waals surface area contributed by atoms with Crippen LogP contribution in [0.25, 0.3) is 10.9 Å².